The fourth-order valence-electron chi connectivity index (χ4n) is 2.88. The third-order valence-electron chi connectivity index (χ3n) is 4.46. The number of nitrogens with zero attached hydrogens (tertiary/aromatic N) is 3. The molecule has 0 bridgehead atoms. The van der Waals surface area contributed by atoms with Crippen molar-refractivity contribution < 1.29 is 14.3 Å². The summed E-state index contributed by atoms with van der Waals surface area (Å²) >= 11 is 7.37. The summed E-state index contributed by atoms with van der Waals surface area (Å²) < 4.78 is 7.79. The highest BCUT2D eigenvalue weighted by Crippen LogP contribution is 2.39. The first-order valence-corrected chi connectivity index (χ1v) is 11.1. The number of carbonyl (C=O) groups excluding carboxylic acids is 2. The maximum atomic E-state index is 12.2. The van der Waals surface area contributed by atoms with Gasteiger partial charge in [-0.1, -0.05) is 53.7 Å². The molecule has 0 saturated heterocycles. The van der Waals surface area contributed by atoms with E-state index >= 15 is 0 Å². The second-order valence-corrected chi connectivity index (χ2v) is 8.23. The Morgan fingerprint density at radius 3 is 2.58 bits per heavy atom. The number of benzene rings is 2. The lowest BCUT2D eigenvalue weighted by Crippen LogP contribution is -2.35. The number of imide groups is 1. The second kappa shape index (κ2) is 9.84. The van der Waals surface area contributed by atoms with E-state index in [9.17, 15) is 9.59 Å². The number of halogens is 1. The number of nitrogens with one attached hydrogen (secondary N) is 2. The van der Waals surface area contributed by atoms with Gasteiger partial charge in [-0.2, -0.15) is 0 Å². The monoisotopic (exact) mass is 457 g/mol. The van der Waals surface area contributed by atoms with Crippen LogP contribution in [0.2, 0.25) is 5.02 Å². The van der Waals surface area contributed by atoms with E-state index in [1.165, 1.54) is 11.8 Å². The van der Waals surface area contributed by atoms with Crippen LogP contribution in [0, 0.1) is 0 Å². The minimum atomic E-state index is -0.575. The SMILES string of the molecule is O=C(CSc1nnc(COc2ccccc2Cl)n1C1CC1)NC(=O)Nc1ccccc1. The molecular weight excluding hydrogens is 438 g/mol. The molecule has 1 aromatic heterocycles. The fraction of sp³-hybridized carbons (Fsp3) is 0.238. The Morgan fingerprint density at radius 2 is 1.84 bits per heavy atom. The highest BCUT2D eigenvalue weighted by atomic mass is 35.5. The summed E-state index contributed by atoms with van der Waals surface area (Å²) in [4.78, 5) is 24.1. The number of amides is 3. The molecule has 2 N–H and O–H groups in total. The van der Waals surface area contributed by atoms with E-state index in [0.717, 1.165) is 12.8 Å². The van der Waals surface area contributed by atoms with Gasteiger partial charge < -0.3 is 10.1 Å². The van der Waals surface area contributed by atoms with Crippen LogP contribution >= 0.6 is 23.4 Å². The van der Waals surface area contributed by atoms with Crippen LogP contribution in [0.1, 0.15) is 24.7 Å². The molecule has 160 valence electrons. The second-order valence-electron chi connectivity index (χ2n) is 6.88. The quantitative estimate of drug-likeness (QED) is 0.490. The maximum absolute atomic E-state index is 12.2. The molecule has 10 heteroatoms. The van der Waals surface area contributed by atoms with Crippen LogP contribution in [-0.4, -0.2) is 32.5 Å². The van der Waals surface area contributed by atoms with Gasteiger partial charge in [-0.25, -0.2) is 4.79 Å². The molecule has 8 nitrogen and oxygen atoms in total. The average molecular weight is 458 g/mol. The van der Waals surface area contributed by atoms with Gasteiger partial charge in [0.15, 0.2) is 11.0 Å². The van der Waals surface area contributed by atoms with Crippen LogP contribution in [0.15, 0.2) is 59.8 Å². The minimum absolute atomic E-state index is 0.0401. The molecule has 1 fully saturated rings. The van der Waals surface area contributed by atoms with E-state index in [1.807, 2.05) is 22.8 Å². The molecule has 1 aliphatic rings. The first-order valence-electron chi connectivity index (χ1n) is 9.70. The highest BCUT2D eigenvalue weighted by Gasteiger charge is 2.30. The van der Waals surface area contributed by atoms with Crippen molar-refractivity contribution in [1.29, 1.82) is 0 Å². The van der Waals surface area contributed by atoms with Gasteiger partial charge in [0.1, 0.15) is 12.4 Å². The lowest BCUT2D eigenvalue weighted by Gasteiger charge is -2.11. The molecule has 0 unspecified atom stereocenters. The largest absolute Gasteiger partial charge is 0.484 e. The normalized spacial score (nSPS) is 12.9. The van der Waals surface area contributed by atoms with Crippen LogP contribution in [-0.2, 0) is 11.4 Å². The van der Waals surface area contributed by atoms with Crippen LogP contribution in [0.25, 0.3) is 0 Å². The first-order chi connectivity index (χ1) is 15.1. The predicted molar refractivity (Wildman–Crippen MR) is 118 cm³/mol. The molecule has 0 radical (unpaired) electrons. The number of ether oxygens (including phenoxy) is 1. The van der Waals surface area contributed by atoms with Gasteiger partial charge in [-0.3, -0.25) is 14.7 Å². The standard InChI is InChI=1S/C21H20ClN5O3S/c22-16-8-4-5-9-17(16)30-12-18-25-26-21(27(18)15-10-11-15)31-13-19(28)24-20(29)23-14-6-2-1-3-7-14/h1-9,15H,10-13H2,(H2,23,24,28,29). The van der Waals surface area contributed by atoms with Gasteiger partial charge in [0, 0.05) is 11.7 Å². The van der Waals surface area contributed by atoms with Crippen molar-refractivity contribution in [3.63, 3.8) is 0 Å². The number of anilines is 1. The van der Waals surface area contributed by atoms with Gasteiger partial charge in [-0.05, 0) is 37.1 Å². The van der Waals surface area contributed by atoms with Gasteiger partial charge >= 0.3 is 6.03 Å². The lowest BCUT2D eigenvalue weighted by atomic mass is 10.3. The van der Waals surface area contributed by atoms with E-state index in [1.54, 1.807) is 36.4 Å². The summed E-state index contributed by atoms with van der Waals surface area (Å²) in [7, 11) is 0. The number of rotatable bonds is 8. The van der Waals surface area contributed by atoms with E-state index in [4.69, 9.17) is 16.3 Å². The highest BCUT2D eigenvalue weighted by molar-refractivity contribution is 7.99. The van der Waals surface area contributed by atoms with Gasteiger partial charge in [0.2, 0.25) is 5.91 Å². The Labute approximate surface area is 188 Å². The Morgan fingerprint density at radius 1 is 1.10 bits per heavy atom. The van der Waals surface area contributed by atoms with Gasteiger partial charge in [-0.15, -0.1) is 10.2 Å². The Kier molecular flexibility index (Phi) is 6.73. The Balaban J connectivity index is 1.33. The van der Waals surface area contributed by atoms with Gasteiger partial charge in [0.25, 0.3) is 0 Å². The number of urea groups is 1. The Hall–Kier alpha value is -3.04. The zero-order valence-corrected chi connectivity index (χ0v) is 18.0. The number of carbonyl (C=O) groups is 2. The molecule has 0 aliphatic heterocycles. The topological polar surface area (TPSA) is 98.1 Å². The molecule has 2 aromatic carbocycles. The van der Waals surface area contributed by atoms with Crippen LogP contribution in [0.4, 0.5) is 10.5 Å². The molecule has 1 heterocycles. The molecular formula is C21H20ClN5O3S. The molecule has 31 heavy (non-hydrogen) atoms. The number of thioether (sulfide) groups is 1. The van der Waals surface area contributed by atoms with E-state index in [0.29, 0.717) is 33.5 Å². The van der Waals surface area contributed by atoms with Crippen molar-refractivity contribution in [2.75, 3.05) is 11.1 Å². The van der Waals surface area contributed by atoms with Crippen LogP contribution in [0.3, 0.4) is 0 Å². The summed E-state index contributed by atoms with van der Waals surface area (Å²) in [5.74, 6) is 0.871. The first kappa shape index (κ1) is 21.2. The van der Waals surface area contributed by atoms with E-state index in [-0.39, 0.29) is 12.4 Å². The predicted octanol–water partition coefficient (Wildman–Crippen LogP) is 4.29. The molecule has 3 amide bonds. The zero-order chi connectivity index (χ0) is 21.6. The van der Waals surface area contributed by atoms with Gasteiger partial charge in [0.05, 0.1) is 10.8 Å². The number of aromatic nitrogens is 3. The van der Waals surface area contributed by atoms with Crippen molar-refractivity contribution >= 4 is 41.0 Å². The smallest absolute Gasteiger partial charge is 0.325 e. The minimum Gasteiger partial charge on any atom is -0.484 e. The molecule has 4 rings (SSSR count). The number of hydrogen-bond acceptors (Lipinski definition) is 6. The van der Waals surface area contributed by atoms with E-state index in [2.05, 4.69) is 20.8 Å². The Bertz CT molecular complexity index is 1070. The lowest BCUT2D eigenvalue weighted by molar-refractivity contribution is -0.117. The summed E-state index contributed by atoms with van der Waals surface area (Å²) in [6, 6.07) is 15.9. The van der Waals surface area contributed by atoms with Crippen LogP contribution in [0.5, 0.6) is 5.75 Å². The molecule has 1 aliphatic carbocycles. The van der Waals surface area contributed by atoms with Crippen molar-refractivity contribution in [1.82, 2.24) is 20.1 Å². The summed E-state index contributed by atoms with van der Waals surface area (Å²) in [5.41, 5.74) is 0.608. The van der Waals surface area contributed by atoms with Crippen molar-refractivity contribution in [3.8, 4) is 5.75 Å². The van der Waals surface area contributed by atoms with Crippen molar-refractivity contribution in [2.24, 2.45) is 0 Å². The fourth-order valence-corrected chi connectivity index (χ4v) is 3.90. The van der Waals surface area contributed by atoms with Crippen molar-refractivity contribution in [3.05, 3.63) is 65.4 Å². The third kappa shape index (κ3) is 5.77. The molecule has 0 atom stereocenters. The average Bonchev–Trinajstić information content (AvgIpc) is 3.52. The van der Waals surface area contributed by atoms with E-state index < -0.39 is 11.9 Å². The third-order valence-corrected chi connectivity index (χ3v) is 5.71. The molecule has 1 saturated carbocycles. The summed E-state index contributed by atoms with van der Waals surface area (Å²) in [5, 5.41) is 14.5. The maximum Gasteiger partial charge on any atom is 0.325 e. The van der Waals surface area contributed by atoms with Crippen molar-refractivity contribution in [2.45, 2.75) is 30.6 Å². The zero-order valence-electron chi connectivity index (χ0n) is 16.5. The summed E-state index contributed by atoms with van der Waals surface area (Å²) in [6.07, 6.45) is 2.05. The summed E-state index contributed by atoms with van der Waals surface area (Å²) in [6.45, 7) is 0.222. The molecule has 3 aromatic rings. The van der Waals surface area contributed by atoms with Crippen LogP contribution < -0.4 is 15.4 Å². The number of hydrogen-bond donors (Lipinski definition) is 2. The number of para-hydroxylation sites is 2. The molecule has 0 spiro atoms.